The Hall–Kier alpha value is -4.84. The van der Waals surface area contributed by atoms with Crippen LogP contribution in [0, 0.1) is 27.7 Å². The van der Waals surface area contributed by atoms with E-state index in [4.69, 9.17) is 0 Å². The second kappa shape index (κ2) is 14.4. The summed E-state index contributed by atoms with van der Waals surface area (Å²) in [7, 11) is 0. The molecule has 0 aromatic heterocycles. The molecule has 4 aromatic rings. The largest absolute Gasteiger partial charge is 0.271 e. The van der Waals surface area contributed by atoms with Crippen molar-refractivity contribution in [2.75, 3.05) is 0 Å². The van der Waals surface area contributed by atoms with Crippen molar-refractivity contribution in [3.05, 3.63) is 129 Å². The fourth-order valence-corrected chi connectivity index (χ4v) is 4.26. The highest BCUT2D eigenvalue weighted by Gasteiger charge is 2.07. The van der Waals surface area contributed by atoms with Gasteiger partial charge in [-0.05, 0) is 74.2 Å². The number of carbonyl (C=O) groups excluding carboxylic acids is 2. The number of amides is 2. The van der Waals surface area contributed by atoms with Crippen LogP contribution in [-0.4, -0.2) is 24.2 Å². The summed E-state index contributed by atoms with van der Waals surface area (Å²) in [6.45, 7) is 12.1. The van der Waals surface area contributed by atoms with Gasteiger partial charge in [0.2, 0.25) is 0 Å². The number of hydrogen-bond donors (Lipinski definition) is 2. The number of hydrogen-bond acceptors (Lipinski definition) is 4. The number of rotatable bonds is 7. The lowest BCUT2D eigenvalue weighted by molar-refractivity contribution is 0.0947. The lowest BCUT2D eigenvalue weighted by atomic mass is 10.0. The zero-order valence-corrected chi connectivity index (χ0v) is 23.9. The zero-order chi connectivity index (χ0) is 29.1. The summed E-state index contributed by atoms with van der Waals surface area (Å²) in [6.07, 6.45) is 3.28. The first-order valence-electron chi connectivity index (χ1n) is 13.3. The second-order valence-electron chi connectivity index (χ2n) is 9.40. The van der Waals surface area contributed by atoms with E-state index >= 15 is 0 Å². The zero-order valence-electron chi connectivity index (χ0n) is 23.9. The predicted molar refractivity (Wildman–Crippen MR) is 165 cm³/mol. The van der Waals surface area contributed by atoms with Crippen LogP contribution in [0.5, 0.6) is 0 Å². The van der Waals surface area contributed by atoms with Crippen LogP contribution in [0.2, 0.25) is 0 Å². The van der Waals surface area contributed by atoms with Gasteiger partial charge in [-0.2, -0.15) is 10.2 Å². The van der Waals surface area contributed by atoms with Crippen molar-refractivity contribution in [1.82, 2.24) is 10.9 Å². The third kappa shape index (κ3) is 8.60. The topological polar surface area (TPSA) is 82.9 Å². The molecular formula is C34H36N4O2. The van der Waals surface area contributed by atoms with Crippen LogP contribution in [0.4, 0.5) is 0 Å². The van der Waals surface area contributed by atoms with Gasteiger partial charge in [0.25, 0.3) is 11.8 Å². The van der Waals surface area contributed by atoms with Gasteiger partial charge >= 0.3 is 0 Å². The first-order valence-corrected chi connectivity index (χ1v) is 13.3. The van der Waals surface area contributed by atoms with E-state index in [-0.39, 0.29) is 11.8 Å². The minimum atomic E-state index is -0.287. The monoisotopic (exact) mass is 532 g/mol. The van der Waals surface area contributed by atoms with Crippen LogP contribution in [0.15, 0.2) is 95.1 Å². The van der Waals surface area contributed by atoms with Crippen molar-refractivity contribution in [1.29, 1.82) is 0 Å². The molecule has 2 N–H and O–H groups in total. The molecule has 0 unspecified atom stereocenters. The highest BCUT2D eigenvalue weighted by molar-refractivity contribution is 5.96. The summed E-state index contributed by atoms with van der Waals surface area (Å²) in [4.78, 5) is 24.9. The van der Waals surface area contributed by atoms with Gasteiger partial charge in [0.05, 0.1) is 12.4 Å². The molecule has 6 heteroatoms. The quantitative estimate of drug-likeness (QED) is 0.196. The van der Waals surface area contributed by atoms with Crippen molar-refractivity contribution in [3.63, 3.8) is 0 Å². The van der Waals surface area contributed by atoms with Gasteiger partial charge in [0.1, 0.15) is 0 Å². The molecular weight excluding hydrogens is 496 g/mol. The number of nitrogens with one attached hydrogen (secondary N) is 2. The molecule has 4 aromatic carbocycles. The van der Waals surface area contributed by atoms with Crippen LogP contribution in [0.1, 0.15) is 67.9 Å². The van der Waals surface area contributed by atoms with E-state index in [1.54, 1.807) is 36.7 Å². The van der Waals surface area contributed by atoms with Crippen molar-refractivity contribution in [2.45, 2.75) is 41.5 Å². The Balaban J connectivity index is 0.00000216. The number of carbonyl (C=O) groups is 2. The fraction of sp³-hybridized carbons (Fsp3) is 0.176. The number of nitrogens with zero attached hydrogens (tertiary/aromatic N) is 2. The van der Waals surface area contributed by atoms with Crippen molar-refractivity contribution in [2.24, 2.45) is 10.2 Å². The molecule has 40 heavy (non-hydrogen) atoms. The Bertz CT molecular complexity index is 1360. The number of benzene rings is 4. The lowest BCUT2D eigenvalue weighted by Crippen LogP contribution is -2.17. The van der Waals surface area contributed by atoms with E-state index < -0.39 is 0 Å². The van der Waals surface area contributed by atoms with E-state index in [2.05, 4.69) is 33.2 Å². The molecule has 0 saturated heterocycles. The Labute approximate surface area is 236 Å². The maximum absolute atomic E-state index is 12.5. The first kappa shape index (κ1) is 29.7. The van der Waals surface area contributed by atoms with Crippen LogP contribution in [0.3, 0.4) is 0 Å². The maximum atomic E-state index is 12.5. The average molecular weight is 533 g/mol. The van der Waals surface area contributed by atoms with Gasteiger partial charge in [0.15, 0.2) is 0 Å². The molecule has 0 aliphatic carbocycles. The highest BCUT2D eigenvalue weighted by Crippen LogP contribution is 2.20. The van der Waals surface area contributed by atoms with Gasteiger partial charge in [-0.1, -0.05) is 96.8 Å². The van der Waals surface area contributed by atoms with Crippen LogP contribution >= 0.6 is 0 Å². The minimum Gasteiger partial charge on any atom is -0.267 e. The summed E-state index contributed by atoms with van der Waals surface area (Å²) in [5, 5.41) is 8.16. The Morgan fingerprint density at radius 3 is 1.12 bits per heavy atom. The normalized spacial score (nSPS) is 10.8. The minimum absolute atomic E-state index is 0.287. The highest BCUT2D eigenvalue weighted by atomic mass is 16.2. The van der Waals surface area contributed by atoms with E-state index in [0.29, 0.717) is 11.1 Å². The van der Waals surface area contributed by atoms with Gasteiger partial charge < -0.3 is 0 Å². The van der Waals surface area contributed by atoms with E-state index in [1.165, 1.54) is 0 Å². The Morgan fingerprint density at radius 1 is 0.525 bits per heavy atom. The molecule has 0 spiro atoms. The Kier molecular flexibility index (Phi) is 10.7. The summed E-state index contributed by atoms with van der Waals surface area (Å²) in [5.41, 5.74) is 14.5. The average Bonchev–Trinajstić information content (AvgIpc) is 2.93. The molecule has 0 aliphatic heterocycles. The molecule has 0 heterocycles. The summed E-state index contributed by atoms with van der Waals surface area (Å²) >= 11 is 0. The summed E-state index contributed by atoms with van der Waals surface area (Å²) in [5.74, 6) is -0.573. The molecule has 4 rings (SSSR count). The third-order valence-corrected chi connectivity index (χ3v) is 5.87. The van der Waals surface area contributed by atoms with E-state index in [0.717, 1.165) is 44.5 Å². The summed E-state index contributed by atoms with van der Waals surface area (Å²) in [6, 6.07) is 26.7. The molecule has 0 aliphatic rings. The molecule has 0 bridgehead atoms. The van der Waals surface area contributed by atoms with Crippen LogP contribution < -0.4 is 10.9 Å². The molecule has 0 fully saturated rings. The molecule has 0 radical (unpaired) electrons. The van der Waals surface area contributed by atoms with E-state index in [9.17, 15) is 9.59 Å². The standard InChI is InChI=1S/C32H30N4O2.C2H6/c1-21-13-22(2)16-25(15-21)19-33-35-31(37)29-9-5-27(6-10-29)28-7-11-30(12-8-28)32(38)36-34-20-26-17-23(3)14-24(4)18-26;1-2/h5-20H,1-4H3,(H,35,37)(H,36,38);1-2H3/b33-19+,34-20+;. The van der Waals surface area contributed by atoms with Gasteiger partial charge in [-0.3, -0.25) is 9.59 Å². The van der Waals surface area contributed by atoms with Crippen molar-refractivity contribution >= 4 is 24.2 Å². The summed E-state index contributed by atoms with van der Waals surface area (Å²) < 4.78 is 0. The van der Waals surface area contributed by atoms with Crippen molar-refractivity contribution < 1.29 is 9.59 Å². The Morgan fingerprint density at radius 2 is 0.825 bits per heavy atom. The van der Waals surface area contributed by atoms with Gasteiger partial charge in [-0.15, -0.1) is 0 Å². The fourth-order valence-electron chi connectivity index (χ4n) is 4.26. The lowest BCUT2D eigenvalue weighted by Gasteiger charge is -2.06. The van der Waals surface area contributed by atoms with Gasteiger partial charge in [-0.25, -0.2) is 10.9 Å². The molecule has 0 atom stereocenters. The number of aryl methyl sites for hydroxylation is 4. The SMILES string of the molecule is CC.Cc1cc(C)cc(/C=N/NC(=O)c2ccc(-c3ccc(C(=O)N/N=C/c4cc(C)cc(C)c4)cc3)cc2)c1. The van der Waals surface area contributed by atoms with Gasteiger partial charge in [0, 0.05) is 11.1 Å². The first-order chi connectivity index (χ1) is 19.3. The molecule has 204 valence electrons. The maximum Gasteiger partial charge on any atom is 0.271 e. The van der Waals surface area contributed by atoms with Crippen LogP contribution in [-0.2, 0) is 0 Å². The molecule has 2 amide bonds. The van der Waals surface area contributed by atoms with Crippen LogP contribution in [0.25, 0.3) is 11.1 Å². The number of hydrazone groups is 2. The predicted octanol–water partition coefficient (Wildman–Crippen LogP) is 7.14. The van der Waals surface area contributed by atoms with E-state index in [1.807, 2.05) is 90.1 Å². The molecule has 6 nitrogen and oxygen atoms in total. The second-order valence-corrected chi connectivity index (χ2v) is 9.40. The third-order valence-electron chi connectivity index (χ3n) is 5.87. The molecule has 0 saturated carbocycles. The smallest absolute Gasteiger partial charge is 0.267 e. The van der Waals surface area contributed by atoms with Crippen molar-refractivity contribution in [3.8, 4) is 11.1 Å².